The van der Waals surface area contributed by atoms with Gasteiger partial charge in [-0.2, -0.15) is 13.2 Å². The molecule has 1 saturated heterocycles. The highest BCUT2D eigenvalue weighted by atomic mass is 19.4. The zero-order valence-corrected chi connectivity index (χ0v) is 12.4. The van der Waals surface area contributed by atoms with E-state index in [-0.39, 0.29) is 28.6 Å². The van der Waals surface area contributed by atoms with Gasteiger partial charge in [-0.25, -0.2) is 0 Å². The zero-order chi connectivity index (χ0) is 16.6. The summed E-state index contributed by atoms with van der Waals surface area (Å²) in [5.41, 5.74) is 5.30. The Bertz CT molecular complexity index is 704. The minimum Gasteiger partial charge on any atom is -0.503 e. The molecule has 124 valence electrons. The van der Waals surface area contributed by atoms with Crippen LogP contribution in [0.1, 0.15) is 24.8 Å². The van der Waals surface area contributed by atoms with Gasteiger partial charge in [-0.05, 0) is 37.0 Å². The number of furan rings is 1. The van der Waals surface area contributed by atoms with E-state index in [1.54, 1.807) is 0 Å². The highest BCUT2D eigenvalue weighted by Gasteiger charge is 2.32. The van der Waals surface area contributed by atoms with E-state index in [0.29, 0.717) is 0 Å². The molecule has 1 fully saturated rings. The van der Waals surface area contributed by atoms with Gasteiger partial charge >= 0.3 is 6.18 Å². The number of alkyl halides is 3. The van der Waals surface area contributed by atoms with E-state index >= 15 is 0 Å². The summed E-state index contributed by atoms with van der Waals surface area (Å²) in [5.74, 6) is -0.0549. The fourth-order valence-electron chi connectivity index (χ4n) is 2.87. The summed E-state index contributed by atoms with van der Waals surface area (Å²) >= 11 is 0. The lowest BCUT2D eigenvalue weighted by molar-refractivity contribution is -0.137. The van der Waals surface area contributed by atoms with Gasteiger partial charge in [-0.1, -0.05) is 12.1 Å². The first-order chi connectivity index (χ1) is 10.9. The minimum absolute atomic E-state index is 0.0811. The highest BCUT2D eigenvalue weighted by Crippen LogP contribution is 2.46. The van der Waals surface area contributed by atoms with Crippen molar-refractivity contribution in [2.75, 3.05) is 23.7 Å². The quantitative estimate of drug-likeness (QED) is 0.866. The molecule has 0 spiro atoms. The Morgan fingerprint density at radius 2 is 1.83 bits per heavy atom. The van der Waals surface area contributed by atoms with Crippen LogP contribution >= 0.6 is 0 Å². The zero-order valence-electron chi connectivity index (χ0n) is 12.4. The molecule has 7 heteroatoms. The van der Waals surface area contributed by atoms with Crippen molar-refractivity contribution in [1.82, 2.24) is 0 Å². The lowest BCUT2D eigenvalue weighted by Crippen LogP contribution is -2.28. The summed E-state index contributed by atoms with van der Waals surface area (Å²) in [6, 6.07) is 4.68. The molecule has 0 aliphatic carbocycles. The third kappa shape index (κ3) is 2.95. The van der Waals surface area contributed by atoms with Crippen LogP contribution in [-0.4, -0.2) is 18.2 Å². The van der Waals surface area contributed by atoms with Crippen LogP contribution in [0.4, 0.5) is 24.9 Å². The number of nitrogen functional groups attached to an aromatic ring is 1. The lowest BCUT2D eigenvalue weighted by Gasteiger charge is -2.26. The maximum absolute atomic E-state index is 12.9. The van der Waals surface area contributed by atoms with Gasteiger partial charge < -0.3 is 20.2 Å². The van der Waals surface area contributed by atoms with E-state index in [1.165, 1.54) is 12.1 Å². The number of hydrogen-bond donors (Lipinski definition) is 2. The van der Waals surface area contributed by atoms with Crippen molar-refractivity contribution in [2.45, 2.75) is 25.4 Å². The van der Waals surface area contributed by atoms with Gasteiger partial charge in [-0.3, -0.25) is 0 Å². The van der Waals surface area contributed by atoms with Gasteiger partial charge in [0.05, 0.1) is 11.1 Å². The van der Waals surface area contributed by atoms with Crippen molar-refractivity contribution in [3.8, 4) is 16.9 Å². The van der Waals surface area contributed by atoms with E-state index in [0.717, 1.165) is 44.5 Å². The fourth-order valence-corrected chi connectivity index (χ4v) is 2.87. The van der Waals surface area contributed by atoms with Crippen LogP contribution in [0, 0.1) is 0 Å². The Balaban J connectivity index is 2.02. The Morgan fingerprint density at radius 3 is 2.48 bits per heavy atom. The van der Waals surface area contributed by atoms with Gasteiger partial charge in [0, 0.05) is 13.1 Å². The molecule has 23 heavy (non-hydrogen) atoms. The molecule has 0 unspecified atom stereocenters. The van der Waals surface area contributed by atoms with Crippen molar-refractivity contribution in [1.29, 1.82) is 0 Å². The van der Waals surface area contributed by atoms with Crippen LogP contribution in [0.3, 0.4) is 0 Å². The average Bonchev–Trinajstić information content (AvgIpc) is 2.82. The Kier molecular flexibility index (Phi) is 3.87. The standard InChI is InChI=1S/C16H17F3N2O2/c17-16(18,19)11-6-4-5-10(9-11)12-13(22)15(23-14(12)20)21-7-2-1-3-8-21/h4-6,9,22H,1-3,7-8,20H2. The van der Waals surface area contributed by atoms with Crippen LogP contribution in [0.2, 0.25) is 0 Å². The Hall–Kier alpha value is -2.31. The molecular weight excluding hydrogens is 309 g/mol. The van der Waals surface area contributed by atoms with E-state index < -0.39 is 11.7 Å². The van der Waals surface area contributed by atoms with Crippen LogP contribution < -0.4 is 10.6 Å². The maximum Gasteiger partial charge on any atom is 0.416 e. The number of aromatic hydroxyl groups is 1. The second kappa shape index (κ2) is 5.72. The number of nitrogens with two attached hydrogens (primary N) is 1. The predicted molar refractivity (Wildman–Crippen MR) is 81.3 cm³/mol. The number of benzene rings is 1. The molecule has 0 amide bonds. The molecule has 0 bridgehead atoms. The van der Waals surface area contributed by atoms with E-state index in [4.69, 9.17) is 10.2 Å². The first kappa shape index (κ1) is 15.6. The van der Waals surface area contributed by atoms with Crippen LogP contribution in [0.5, 0.6) is 5.75 Å². The lowest BCUT2D eigenvalue weighted by atomic mass is 10.0. The van der Waals surface area contributed by atoms with E-state index in [1.807, 2.05) is 4.90 Å². The van der Waals surface area contributed by atoms with Gasteiger partial charge in [-0.15, -0.1) is 0 Å². The third-order valence-electron chi connectivity index (χ3n) is 4.01. The Morgan fingerprint density at radius 1 is 1.13 bits per heavy atom. The van der Waals surface area contributed by atoms with Crippen molar-refractivity contribution in [2.24, 2.45) is 0 Å². The molecule has 4 nitrogen and oxygen atoms in total. The summed E-state index contributed by atoms with van der Waals surface area (Å²) in [6.45, 7) is 1.45. The molecule has 1 aliphatic heterocycles. The van der Waals surface area contributed by atoms with E-state index in [2.05, 4.69) is 0 Å². The van der Waals surface area contributed by atoms with Gasteiger partial charge in [0.25, 0.3) is 0 Å². The molecule has 0 radical (unpaired) electrons. The van der Waals surface area contributed by atoms with Crippen LogP contribution in [0.15, 0.2) is 28.7 Å². The number of hydrogen-bond acceptors (Lipinski definition) is 4. The topological polar surface area (TPSA) is 62.6 Å². The summed E-state index contributed by atoms with van der Waals surface area (Å²) in [7, 11) is 0. The van der Waals surface area contributed by atoms with Gasteiger partial charge in [0.2, 0.25) is 11.8 Å². The fraction of sp³-hybridized carbons (Fsp3) is 0.375. The molecule has 0 atom stereocenters. The maximum atomic E-state index is 12.9. The molecule has 0 saturated carbocycles. The number of rotatable bonds is 2. The molecule has 3 N–H and O–H groups in total. The number of halogens is 3. The van der Waals surface area contributed by atoms with Crippen molar-refractivity contribution in [3.63, 3.8) is 0 Å². The highest BCUT2D eigenvalue weighted by molar-refractivity contribution is 5.84. The normalized spacial score (nSPS) is 15.9. The van der Waals surface area contributed by atoms with Crippen molar-refractivity contribution >= 4 is 11.8 Å². The largest absolute Gasteiger partial charge is 0.503 e. The molecule has 3 rings (SSSR count). The van der Waals surface area contributed by atoms with Gasteiger partial charge in [0.1, 0.15) is 0 Å². The number of piperidine rings is 1. The summed E-state index contributed by atoms with van der Waals surface area (Å²) in [6.07, 6.45) is -1.41. The molecule has 1 aromatic heterocycles. The number of nitrogens with zero attached hydrogens (tertiary/aromatic N) is 1. The first-order valence-corrected chi connectivity index (χ1v) is 7.41. The minimum atomic E-state index is -4.46. The molecule has 2 aromatic rings. The molecule has 2 heterocycles. The first-order valence-electron chi connectivity index (χ1n) is 7.41. The monoisotopic (exact) mass is 326 g/mol. The second-order valence-corrected chi connectivity index (χ2v) is 5.62. The van der Waals surface area contributed by atoms with Crippen molar-refractivity contribution in [3.05, 3.63) is 29.8 Å². The van der Waals surface area contributed by atoms with E-state index in [9.17, 15) is 18.3 Å². The van der Waals surface area contributed by atoms with Crippen LogP contribution in [0.25, 0.3) is 11.1 Å². The van der Waals surface area contributed by atoms with Crippen LogP contribution in [-0.2, 0) is 6.18 Å². The summed E-state index contributed by atoms with van der Waals surface area (Å²) in [5, 5.41) is 10.4. The SMILES string of the molecule is Nc1oc(N2CCCCC2)c(O)c1-c1cccc(C(F)(F)F)c1. The smallest absolute Gasteiger partial charge is 0.416 e. The Labute approximate surface area is 131 Å². The molecular formula is C16H17F3N2O2. The molecule has 1 aliphatic rings. The van der Waals surface area contributed by atoms with Gasteiger partial charge in [0.15, 0.2) is 5.75 Å². The average molecular weight is 326 g/mol. The van der Waals surface area contributed by atoms with Crippen molar-refractivity contribution < 1.29 is 22.7 Å². The molecule has 1 aromatic carbocycles. The second-order valence-electron chi connectivity index (χ2n) is 5.62. The third-order valence-corrected chi connectivity index (χ3v) is 4.01. The summed E-state index contributed by atoms with van der Waals surface area (Å²) in [4.78, 5) is 1.87. The predicted octanol–water partition coefficient (Wildman–Crippen LogP) is 4.24. The number of anilines is 2. The summed E-state index contributed by atoms with van der Waals surface area (Å²) < 4.78 is 44.0.